The second kappa shape index (κ2) is 7.72. The Labute approximate surface area is 148 Å². The van der Waals surface area contributed by atoms with Gasteiger partial charge in [0.05, 0.1) is 10.7 Å². The molecule has 1 amide bonds. The van der Waals surface area contributed by atoms with E-state index in [4.69, 9.17) is 11.6 Å². The van der Waals surface area contributed by atoms with E-state index < -0.39 is 5.91 Å². The number of carbonyl (C=O) groups excluding carboxylic acids is 1. The number of para-hydroxylation sites is 1. The maximum absolute atomic E-state index is 13.6. The summed E-state index contributed by atoms with van der Waals surface area (Å²) in [4.78, 5) is 20.3. The third-order valence-electron chi connectivity index (χ3n) is 3.44. The molecule has 0 bridgehead atoms. The summed E-state index contributed by atoms with van der Waals surface area (Å²) in [6.07, 6.45) is 1.27. The van der Waals surface area contributed by atoms with E-state index >= 15 is 0 Å². The lowest BCUT2D eigenvalue weighted by Gasteiger charge is -2.09. The highest BCUT2D eigenvalue weighted by Gasteiger charge is 2.11. The smallest absolute Gasteiger partial charge is 0.274 e. The summed E-state index contributed by atoms with van der Waals surface area (Å²) in [5.41, 5.74) is 1.17. The molecule has 7 heteroatoms. The SMILES string of the molecule is O=C(Nc1ccccc1Cl)c1cc(NCc2ccccc2F)ncn1. The lowest BCUT2D eigenvalue weighted by Crippen LogP contribution is -2.15. The number of benzene rings is 2. The van der Waals surface area contributed by atoms with Crippen LogP contribution >= 0.6 is 11.6 Å². The van der Waals surface area contributed by atoms with Crippen molar-refractivity contribution in [2.45, 2.75) is 6.54 Å². The van der Waals surface area contributed by atoms with Gasteiger partial charge in [0, 0.05) is 18.2 Å². The number of aromatic nitrogens is 2. The Bertz CT molecular complexity index is 904. The molecular weight excluding hydrogens is 343 g/mol. The Kier molecular flexibility index (Phi) is 5.20. The molecule has 5 nitrogen and oxygen atoms in total. The van der Waals surface area contributed by atoms with Gasteiger partial charge in [0.15, 0.2) is 0 Å². The Balaban J connectivity index is 1.70. The predicted octanol–water partition coefficient (Wildman–Crippen LogP) is 4.13. The van der Waals surface area contributed by atoms with Crippen molar-refractivity contribution in [3.63, 3.8) is 0 Å². The Hall–Kier alpha value is -2.99. The standard InChI is InChI=1S/C18H14ClFN4O/c19-13-6-2-4-8-15(13)24-18(25)16-9-17(23-11-22-16)21-10-12-5-1-3-7-14(12)20/h1-9,11H,10H2,(H,24,25)(H,21,22,23). The average molecular weight is 357 g/mol. The fourth-order valence-electron chi connectivity index (χ4n) is 2.15. The van der Waals surface area contributed by atoms with Gasteiger partial charge < -0.3 is 10.6 Å². The van der Waals surface area contributed by atoms with Crippen LogP contribution < -0.4 is 10.6 Å². The van der Waals surface area contributed by atoms with Crippen molar-refractivity contribution in [2.24, 2.45) is 0 Å². The summed E-state index contributed by atoms with van der Waals surface area (Å²) >= 11 is 6.02. The molecule has 25 heavy (non-hydrogen) atoms. The summed E-state index contributed by atoms with van der Waals surface area (Å²) in [7, 11) is 0. The van der Waals surface area contributed by atoms with Gasteiger partial charge >= 0.3 is 0 Å². The molecule has 2 aromatic carbocycles. The molecule has 2 N–H and O–H groups in total. The summed E-state index contributed by atoms with van der Waals surface area (Å²) < 4.78 is 13.6. The summed E-state index contributed by atoms with van der Waals surface area (Å²) in [6.45, 7) is 0.245. The van der Waals surface area contributed by atoms with Crippen molar-refractivity contribution in [1.29, 1.82) is 0 Å². The van der Waals surface area contributed by atoms with Crippen LogP contribution in [0.2, 0.25) is 5.02 Å². The molecule has 0 atom stereocenters. The fraction of sp³-hybridized carbons (Fsp3) is 0.0556. The molecule has 0 aliphatic carbocycles. The van der Waals surface area contributed by atoms with Crippen molar-refractivity contribution in [1.82, 2.24) is 9.97 Å². The van der Waals surface area contributed by atoms with E-state index in [0.717, 1.165) is 0 Å². The van der Waals surface area contributed by atoms with Crippen LogP contribution in [-0.4, -0.2) is 15.9 Å². The first-order valence-electron chi connectivity index (χ1n) is 7.48. The average Bonchev–Trinajstić information content (AvgIpc) is 2.63. The predicted molar refractivity (Wildman–Crippen MR) is 95.2 cm³/mol. The number of nitrogens with zero attached hydrogens (tertiary/aromatic N) is 2. The molecule has 3 aromatic rings. The van der Waals surface area contributed by atoms with Crippen LogP contribution in [0.4, 0.5) is 15.9 Å². The van der Waals surface area contributed by atoms with Crippen molar-refractivity contribution < 1.29 is 9.18 Å². The number of anilines is 2. The van der Waals surface area contributed by atoms with E-state index in [0.29, 0.717) is 22.1 Å². The number of amides is 1. The normalized spacial score (nSPS) is 10.3. The monoisotopic (exact) mass is 356 g/mol. The van der Waals surface area contributed by atoms with Gasteiger partial charge in [-0.1, -0.05) is 41.9 Å². The molecule has 126 valence electrons. The van der Waals surface area contributed by atoms with Crippen LogP contribution in [0.3, 0.4) is 0 Å². The minimum atomic E-state index is -0.413. The third-order valence-corrected chi connectivity index (χ3v) is 3.77. The maximum Gasteiger partial charge on any atom is 0.274 e. The molecular formula is C18H14ClFN4O. The third kappa shape index (κ3) is 4.30. The molecule has 0 unspecified atom stereocenters. The Morgan fingerprint density at radius 1 is 1.08 bits per heavy atom. The molecule has 1 aromatic heterocycles. The minimum absolute atomic E-state index is 0.172. The minimum Gasteiger partial charge on any atom is -0.366 e. The number of hydrogen-bond donors (Lipinski definition) is 2. The van der Waals surface area contributed by atoms with Crippen LogP contribution in [0.25, 0.3) is 0 Å². The number of rotatable bonds is 5. The van der Waals surface area contributed by atoms with Crippen molar-refractivity contribution in [3.05, 3.63) is 83.0 Å². The first-order chi connectivity index (χ1) is 12.1. The van der Waals surface area contributed by atoms with E-state index in [2.05, 4.69) is 20.6 Å². The zero-order chi connectivity index (χ0) is 17.6. The second-order valence-electron chi connectivity index (χ2n) is 5.17. The number of halogens is 2. The Morgan fingerprint density at radius 3 is 2.64 bits per heavy atom. The number of hydrogen-bond acceptors (Lipinski definition) is 4. The quantitative estimate of drug-likeness (QED) is 0.721. The topological polar surface area (TPSA) is 66.9 Å². The van der Waals surface area contributed by atoms with Gasteiger partial charge in [-0.25, -0.2) is 14.4 Å². The van der Waals surface area contributed by atoms with E-state index in [9.17, 15) is 9.18 Å². The fourth-order valence-corrected chi connectivity index (χ4v) is 2.34. The van der Waals surface area contributed by atoms with Crippen LogP contribution in [0.5, 0.6) is 0 Å². The molecule has 1 heterocycles. The Morgan fingerprint density at radius 2 is 1.84 bits per heavy atom. The van der Waals surface area contributed by atoms with Gasteiger partial charge in [-0.2, -0.15) is 0 Å². The van der Waals surface area contributed by atoms with Crippen molar-refractivity contribution in [2.75, 3.05) is 10.6 Å². The molecule has 0 aliphatic rings. The molecule has 0 aliphatic heterocycles. The highest BCUT2D eigenvalue weighted by Crippen LogP contribution is 2.21. The van der Waals surface area contributed by atoms with Gasteiger partial charge in [-0.3, -0.25) is 4.79 Å². The summed E-state index contributed by atoms with van der Waals surface area (Å²) in [6, 6.07) is 14.8. The number of carbonyl (C=O) groups is 1. The highest BCUT2D eigenvalue weighted by atomic mass is 35.5. The lowest BCUT2D eigenvalue weighted by atomic mass is 10.2. The van der Waals surface area contributed by atoms with Crippen LogP contribution in [0, 0.1) is 5.82 Å². The molecule has 0 saturated heterocycles. The van der Waals surface area contributed by atoms with Gasteiger partial charge in [0.25, 0.3) is 5.91 Å². The van der Waals surface area contributed by atoms with Crippen molar-refractivity contribution >= 4 is 29.0 Å². The zero-order valence-corrected chi connectivity index (χ0v) is 13.8. The van der Waals surface area contributed by atoms with E-state index in [1.54, 1.807) is 42.5 Å². The van der Waals surface area contributed by atoms with Gasteiger partial charge in [-0.15, -0.1) is 0 Å². The zero-order valence-electron chi connectivity index (χ0n) is 13.0. The molecule has 0 radical (unpaired) electrons. The van der Waals surface area contributed by atoms with Crippen LogP contribution in [0.15, 0.2) is 60.9 Å². The molecule has 3 rings (SSSR count). The first-order valence-corrected chi connectivity index (χ1v) is 7.86. The van der Waals surface area contributed by atoms with E-state index in [1.165, 1.54) is 18.5 Å². The number of nitrogens with one attached hydrogen (secondary N) is 2. The van der Waals surface area contributed by atoms with E-state index in [-0.39, 0.29) is 18.1 Å². The lowest BCUT2D eigenvalue weighted by molar-refractivity contribution is 0.102. The summed E-state index contributed by atoms with van der Waals surface area (Å²) in [5.74, 6) is -0.298. The highest BCUT2D eigenvalue weighted by molar-refractivity contribution is 6.33. The molecule has 0 saturated carbocycles. The van der Waals surface area contributed by atoms with E-state index in [1.807, 2.05) is 0 Å². The van der Waals surface area contributed by atoms with Gasteiger partial charge in [0.2, 0.25) is 0 Å². The molecule has 0 fully saturated rings. The van der Waals surface area contributed by atoms with Crippen LogP contribution in [-0.2, 0) is 6.54 Å². The van der Waals surface area contributed by atoms with Gasteiger partial charge in [0.1, 0.15) is 23.7 Å². The van der Waals surface area contributed by atoms with Crippen molar-refractivity contribution in [3.8, 4) is 0 Å². The largest absolute Gasteiger partial charge is 0.366 e. The molecule has 0 spiro atoms. The second-order valence-corrected chi connectivity index (χ2v) is 5.57. The first kappa shape index (κ1) is 16.9. The summed E-state index contributed by atoms with van der Waals surface area (Å²) in [5, 5.41) is 6.10. The van der Waals surface area contributed by atoms with Gasteiger partial charge in [-0.05, 0) is 18.2 Å². The van der Waals surface area contributed by atoms with Crippen LogP contribution in [0.1, 0.15) is 16.1 Å². The maximum atomic E-state index is 13.6.